The van der Waals surface area contributed by atoms with Crippen molar-refractivity contribution in [3.63, 3.8) is 0 Å². The third kappa shape index (κ3) is 2.42. The number of imidazole rings is 1. The minimum absolute atomic E-state index is 0.314. The molecule has 2 heterocycles. The van der Waals surface area contributed by atoms with Crippen molar-refractivity contribution < 1.29 is 9.53 Å². The first-order chi connectivity index (χ1) is 11.8. The van der Waals surface area contributed by atoms with Crippen LogP contribution in [-0.2, 0) is 11.3 Å². The minimum atomic E-state index is -0.471. The molecule has 0 fully saturated rings. The van der Waals surface area contributed by atoms with Gasteiger partial charge in [0.05, 0.1) is 35.7 Å². The lowest BCUT2D eigenvalue weighted by molar-refractivity contribution is 0.151. The van der Waals surface area contributed by atoms with Crippen LogP contribution in [0.4, 0.5) is 4.79 Å². The predicted molar refractivity (Wildman–Crippen MR) is 91.0 cm³/mol. The summed E-state index contributed by atoms with van der Waals surface area (Å²) < 4.78 is 8.40. The van der Waals surface area contributed by atoms with E-state index in [4.69, 9.17) is 4.74 Å². The molecule has 0 spiro atoms. The average Bonchev–Trinajstić information content (AvgIpc) is 3.18. The summed E-state index contributed by atoms with van der Waals surface area (Å²) in [5.74, 6) is 0. The first-order valence-electron chi connectivity index (χ1n) is 7.80. The Kier molecular flexibility index (Phi) is 3.49. The fourth-order valence-electron chi connectivity index (χ4n) is 2.81. The number of aromatic nitrogens is 4. The highest BCUT2D eigenvalue weighted by molar-refractivity contribution is 5.96. The summed E-state index contributed by atoms with van der Waals surface area (Å²) in [4.78, 5) is 16.5. The maximum absolute atomic E-state index is 12.0. The maximum atomic E-state index is 12.0. The molecule has 4 rings (SSSR count). The Morgan fingerprint density at radius 2 is 2.00 bits per heavy atom. The standard InChI is InChI=1S/C18H16N4O2/c1-2-24-18(23)22-16-9-17-15(8-14(16)10-20-22)19-12-21(17)11-13-6-4-3-5-7-13/h3-10,12H,2,11H2,1H3. The molecule has 0 radical (unpaired) electrons. The summed E-state index contributed by atoms with van der Waals surface area (Å²) in [6.07, 6.45) is 3.00. The molecule has 0 saturated carbocycles. The molecule has 0 saturated heterocycles. The Bertz CT molecular complexity index is 1020. The molecule has 2 aromatic carbocycles. The first kappa shape index (κ1) is 14.4. The molecule has 0 amide bonds. The Balaban J connectivity index is 1.81. The van der Waals surface area contributed by atoms with Gasteiger partial charge in [-0.3, -0.25) is 0 Å². The molecular formula is C18H16N4O2. The zero-order chi connectivity index (χ0) is 16.5. The van der Waals surface area contributed by atoms with Gasteiger partial charge in [0.2, 0.25) is 0 Å². The molecule has 6 nitrogen and oxygen atoms in total. The van der Waals surface area contributed by atoms with E-state index in [9.17, 15) is 4.79 Å². The van der Waals surface area contributed by atoms with Gasteiger partial charge in [-0.05, 0) is 24.6 Å². The summed E-state index contributed by atoms with van der Waals surface area (Å²) in [5.41, 5.74) is 3.74. The number of nitrogens with zero attached hydrogens (tertiary/aromatic N) is 4. The number of fused-ring (bicyclic) bond motifs is 2. The van der Waals surface area contributed by atoms with Crippen LogP contribution in [0.1, 0.15) is 12.5 Å². The van der Waals surface area contributed by atoms with Gasteiger partial charge < -0.3 is 9.30 Å². The third-order valence-corrected chi connectivity index (χ3v) is 3.95. The quantitative estimate of drug-likeness (QED) is 0.580. The van der Waals surface area contributed by atoms with Crippen LogP contribution >= 0.6 is 0 Å². The second kappa shape index (κ2) is 5.81. The van der Waals surface area contributed by atoms with E-state index in [1.165, 1.54) is 10.2 Å². The largest absolute Gasteiger partial charge is 0.448 e. The molecule has 6 heteroatoms. The monoisotopic (exact) mass is 320 g/mol. The van der Waals surface area contributed by atoms with E-state index in [0.717, 1.165) is 28.5 Å². The maximum Gasteiger partial charge on any atom is 0.435 e. The van der Waals surface area contributed by atoms with Crippen LogP contribution in [0.3, 0.4) is 0 Å². The van der Waals surface area contributed by atoms with Crippen LogP contribution in [0.15, 0.2) is 55.0 Å². The topological polar surface area (TPSA) is 61.9 Å². The summed E-state index contributed by atoms with van der Waals surface area (Å²) >= 11 is 0. The lowest BCUT2D eigenvalue weighted by atomic mass is 10.2. The molecule has 2 aromatic heterocycles. The van der Waals surface area contributed by atoms with Crippen molar-refractivity contribution in [2.75, 3.05) is 6.61 Å². The lowest BCUT2D eigenvalue weighted by Crippen LogP contribution is -2.14. The van der Waals surface area contributed by atoms with Gasteiger partial charge in [0.1, 0.15) is 0 Å². The molecule has 0 aliphatic heterocycles. The molecule has 0 aliphatic carbocycles. The van der Waals surface area contributed by atoms with Crippen LogP contribution in [0.25, 0.3) is 21.9 Å². The number of carbonyl (C=O) groups is 1. The Labute approximate surface area is 138 Å². The summed E-state index contributed by atoms with van der Waals surface area (Å²) in [5, 5.41) is 5.00. The van der Waals surface area contributed by atoms with E-state index in [1.807, 2.05) is 36.7 Å². The van der Waals surface area contributed by atoms with Gasteiger partial charge in [0.25, 0.3) is 0 Å². The molecule has 0 unspecified atom stereocenters. The number of ether oxygens (including phenoxy) is 1. The number of carbonyl (C=O) groups excluding carboxylic acids is 1. The molecule has 0 bridgehead atoms. The van der Waals surface area contributed by atoms with Crippen molar-refractivity contribution in [2.24, 2.45) is 0 Å². The number of benzene rings is 2. The predicted octanol–water partition coefficient (Wildman–Crippen LogP) is 3.44. The van der Waals surface area contributed by atoms with Gasteiger partial charge in [-0.1, -0.05) is 30.3 Å². The number of hydrogen-bond acceptors (Lipinski definition) is 4. The van der Waals surface area contributed by atoms with Gasteiger partial charge in [-0.2, -0.15) is 9.78 Å². The van der Waals surface area contributed by atoms with Crippen molar-refractivity contribution in [3.8, 4) is 0 Å². The Morgan fingerprint density at radius 3 is 2.79 bits per heavy atom. The van der Waals surface area contributed by atoms with Gasteiger partial charge >= 0.3 is 6.09 Å². The second-order valence-electron chi connectivity index (χ2n) is 5.51. The molecule has 120 valence electrons. The van der Waals surface area contributed by atoms with Gasteiger partial charge in [-0.15, -0.1) is 0 Å². The molecular weight excluding hydrogens is 304 g/mol. The minimum Gasteiger partial charge on any atom is -0.448 e. The lowest BCUT2D eigenvalue weighted by Gasteiger charge is -2.06. The summed E-state index contributed by atoms with van der Waals surface area (Å²) in [7, 11) is 0. The molecule has 0 N–H and O–H groups in total. The zero-order valence-electron chi connectivity index (χ0n) is 13.2. The van der Waals surface area contributed by atoms with E-state index in [0.29, 0.717) is 6.61 Å². The fourth-order valence-corrected chi connectivity index (χ4v) is 2.81. The van der Waals surface area contributed by atoms with Crippen molar-refractivity contribution in [3.05, 3.63) is 60.6 Å². The SMILES string of the molecule is CCOC(=O)n1ncc2cc3ncn(Cc4ccccc4)c3cc21. The van der Waals surface area contributed by atoms with Gasteiger partial charge in [0.15, 0.2) is 0 Å². The van der Waals surface area contributed by atoms with Crippen LogP contribution in [0.2, 0.25) is 0 Å². The number of hydrogen-bond donors (Lipinski definition) is 0. The average molecular weight is 320 g/mol. The number of rotatable bonds is 3. The van der Waals surface area contributed by atoms with Crippen molar-refractivity contribution in [2.45, 2.75) is 13.5 Å². The molecule has 0 aliphatic rings. The van der Waals surface area contributed by atoms with E-state index in [-0.39, 0.29) is 0 Å². The summed E-state index contributed by atoms with van der Waals surface area (Å²) in [6, 6.07) is 14.1. The highest BCUT2D eigenvalue weighted by Gasteiger charge is 2.14. The third-order valence-electron chi connectivity index (χ3n) is 3.95. The van der Waals surface area contributed by atoms with E-state index in [1.54, 1.807) is 13.1 Å². The van der Waals surface area contributed by atoms with Crippen molar-refractivity contribution in [1.29, 1.82) is 0 Å². The van der Waals surface area contributed by atoms with Crippen molar-refractivity contribution in [1.82, 2.24) is 19.3 Å². The van der Waals surface area contributed by atoms with Crippen LogP contribution < -0.4 is 0 Å². The van der Waals surface area contributed by atoms with E-state index < -0.39 is 6.09 Å². The molecule has 4 aromatic rings. The van der Waals surface area contributed by atoms with Crippen LogP contribution in [0, 0.1) is 0 Å². The normalized spacial score (nSPS) is 11.2. The Morgan fingerprint density at radius 1 is 1.17 bits per heavy atom. The van der Waals surface area contributed by atoms with Crippen LogP contribution in [-0.4, -0.2) is 32.0 Å². The zero-order valence-corrected chi connectivity index (χ0v) is 13.2. The van der Waals surface area contributed by atoms with E-state index >= 15 is 0 Å². The fraction of sp³-hybridized carbons (Fsp3) is 0.167. The van der Waals surface area contributed by atoms with Crippen LogP contribution in [0.5, 0.6) is 0 Å². The van der Waals surface area contributed by atoms with E-state index in [2.05, 4.69) is 26.8 Å². The molecule has 24 heavy (non-hydrogen) atoms. The second-order valence-corrected chi connectivity index (χ2v) is 5.51. The van der Waals surface area contributed by atoms with Gasteiger partial charge in [0, 0.05) is 11.9 Å². The Hall–Kier alpha value is -3.15. The highest BCUT2D eigenvalue weighted by atomic mass is 16.5. The summed E-state index contributed by atoms with van der Waals surface area (Å²) in [6.45, 7) is 2.81. The van der Waals surface area contributed by atoms with Crippen molar-refractivity contribution >= 4 is 28.0 Å². The highest BCUT2D eigenvalue weighted by Crippen LogP contribution is 2.23. The smallest absolute Gasteiger partial charge is 0.435 e. The van der Waals surface area contributed by atoms with Gasteiger partial charge in [-0.25, -0.2) is 9.78 Å². The molecule has 0 atom stereocenters. The first-order valence-corrected chi connectivity index (χ1v) is 7.80.